The molecule has 10 heavy (non-hydrogen) atoms. The Hall–Kier alpha value is -1.31. The van der Waals surface area contributed by atoms with Gasteiger partial charge in [-0.2, -0.15) is 0 Å². The third-order valence-electron chi connectivity index (χ3n) is 1.16. The Morgan fingerprint density at radius 3 is 2.40 bits per heavy atom. The van der Waals surface area contributed by atoms with Gasteiger partial charge in [0.2, 0.25) is 0 Å². The van der Waals surface area contributed by atoms with Gasteiger partial charge in [-0.1, -0.05) is 36.1 Å². The summed E-state index contributed by atoms with van der Waals surface area (Å²) in [7, 11) is 0. The highest BCUT2D eigenvalue weighted by Crippen LogP contribution is 2.06. The maximum Gasteiger partial charge on any atom is 0.0794 e. The molecule has 0 bridgehead atoms. The molecule has 0 saturated heterocycles. The van der Waals surface area contributed by atoms with Crippen molar-refractivity contribution in [1.82, 2.24) is 0 Å². The fourth-order valence-electron chi connectivity index (χ4n) is 0.665. The third-order valence-corrected chi connectivity index (χ3v) is 1.16. The Balaban J connectivity index is 2.96. The van der Waals surface area contributed by atoms with Crippen LogP contribution < -0.4 is 5.11 Å². The molecular formula is C8H6FO-. The van der Waals surface area contributed by atoms with E-state index in [9.17, 15) is 9.50 Å². The van der Waals surface area contributed by atoms with E-state index in [0.29, 0.717) is 5.56 Å². The number of hydrogen-bond donors (Lipinski definition) is 0. The standard InChI is InChI=1S/C8H7FO/c9-6-8(10)7-4-2-1-3-5-7/h1-6,10H/p-1/b8-6+. The van der Waals surface area contributed by atoms with Crippen molar-refractivity contribution < 1.29 is 9.50 Å². The zero-order valence-electron chi connectivity index (χ0n) is 5.25. The molecule has 0 amide bonds. The summed E-state index contributed by atoms with van der Waals surface area (Å²) in [6.07, 6.45) is 0.0648. The van der Waals surface area contributed by atoms with Gasteiger partial charge in [-0.25, -0.2) is 4.39 Å². The van der Waals surface area contributed by atoms with Crippen LogP contribution >= 0.6 is 0 Å². The average Bonchev–Trinajstić information content (AvgIpc) is 2.05. The van der Waals surface area contributed by atoms with E-state index >= 15 is 0 Å². The quantitative estimate of drug-likeness (QED) is 0.535. The molecule has 0 saturated carbocycles. The van der Waals surface area contributed by atoms with E-state index in [2.05, 4.69) is 0 Å². The van der Waals surface area contributed by atoms with Crippen molar-refractivity contribution in [3.63, 3.8) is 0 Å². The lowest BCUT2D eigenvalue weighted by molar-refractivity contribution is -0.245. The monoisotopic (exact) mass is 137 g/mol. The van der Waals surface area contributed by atoms with E-state index < -0.39 is 5.76 Å². The van der Waals surface area contributed by atoms with Crippen molar-refractivity contribution in [2.24, 2.45) is 0 Å². The van der Waals surface area contributed by atoms with E-state index in [0.717, 1.165) is 0 Å². The Bertz CT molecular complexity index is 228. The van der Waals surface area contributed by atoms with Crippen LogP contribution in [0.5, 0.6) is 0 Å². The maximum atomic E-state index is 11.6. The second-order valence-corrected chi connectivity index (χ2v) is 1.84. The zero-order chi connectivity index (χ0) is 7.40. The number of rotatable bonds is 1. The van der Waals surface area contributed by atoms with Crippen LogP contribution in [0.15, 0.2) is 36.7 Å². The van der Waals surface area contributed by atoms with Crippen molar-refractivity contribution >= 4 is 5.76 Å². The Labute approximate surface area is 58.4 Å². The van der Waals surface area contributed by atoms with Gasteiger partial charge >= 0.3 is 0 Å². The summed E-state index contributed by atoms with van der Waals surface area (Å²) in [5.74, 6) is -0.583. The highest BCUT2D eigenvalue weighted by Gasteiger charge is 1.84. The molecule has 52 valence electrons. The van der Waals surface area contributed by atoms with Gasteiger partial charge < -0.3 is 5.11 Å². The van der Waals surface area contributed by atoms with Crippen LogP contribution in [0.25, 0.3) is 5.76 Å². The van der Waals surface area contributed by atoms with Crippen LogP contribution in [-0.4, -0.2) is 0 Å². The van der Waals surface area contributed by atoms with Gasteiger partial charge in [0, 0.05) is 0 Å². The SMILES string of the molecule is [O-]/C(=C/F)c1ccccc1. The van der Waals surface area contributed by atoms with Gasteiger partial charge in [0.25, 0.3) is 0 Å². The van der Waals surface area contributed by atoms with Gasteiger partial charge in [0.05, 0.1) is 6.33 Å². The molecule has 0 radical (unpaired) electrons. The first kappa shape index (κ1) is 6.81. The average molecular weight is 137 g/mol. The lowest BCUT2D eigenvalue weighted by Crippen LogP contribution is -2.00. The van der Waals surface area contributed by atoms with Crippen LogP contribution in [0.3, 0.4) is 0 Å². The molecule has 0 spiro atoms. The smallest absolute Gasteiger partial charge is 0.0794 e. The highest BCUT2D eigenvalue weighted by atomic mass is 19.1. The molecule has 0 heterocycles. The van der Waals surface area contributed by atoms with E-state index in [-0.39, 0.29) is 6.33 Å². The summed E-state index contributed by atoms with van der Waals surface area (Å²) in [4.78, 5) is 0. The predicted octanol–water partition coefficient (Wildman–Crippen LogP) is 1.31. The molecule has 0 aliphatic carbocycles. The molecule has 2 heteroatoms. The maximum absolute atomic E-state index is 11.6. The molecule has 0 atom stereocenters. The third kappa shape index (κ3) is 1.35. The summed E-state index contributed by atoms with van der Waals surface area (Å²) in [6, 6.07) is 8.29. The van der Waals surface area contributed by atoms with Crippen LogP contribution in [-0.2, 0) is 0 Å². The second kappa shape index (κ2) is 3.01. The topological polar surface area (TPSA) is 23.1 Å². The lowest BCUT2D eigenvalue weighted by Gasteiger charge is -2.07. The molecule has 0 aliphatic heterocycles. The van der Waals surface area contributed by atoms with Gasteiger partial charge in [-0.3, -0.25) is 0 Å². The molecule has 0 aliphatic rings. The molecular weight excluding hydrogens is 131 g/mol. The van der Waals surface area contributed by atoms with E-state index in [4.69, 9.17) is 0 Å². The minimum atomic E-state index is -0.583. The van der Waals surface area contributed by atoms with Crippen LogP contribution in [0.2, 0.25) is 0 Å². The number of halogens is 1. The Kier molecular flexibility index (Phi) is 2.05. The molecule has 1 aromatic rings. The summed E-state index contributed by atoms with van der Waals surface area (Å²) in [6.45, 7) is 0. The number of benzene rings is 1. The second-order valence-electron chi connectivity index (χ2n) is 1.84. The fraction of sp³-hybridized carbons (Fsp3) is 0. The van der Waals surface area contributed by atoms with Gasteiger partial charge in [-0.05, 0) is 5.56 Å². The largest absolute Gasteiger partial charge is 0.871 e. The molecule has 1 aromatic carbocycles. The number of hydrogen-bond acceptors (Lipinski definition) is 1. The van der Waals surface area contributed by atoms with Crippen molar-refractivity contribution in [2.45, 2.75) is 0 Å². The molecule has 0 N–H and O–H groups in total. The first-order valence-corrected chi connectivity index (χ1v) is 2.87. The van der Waals surface area contributed by atoms with Gasteiger partial charge in [0.1, 0.15) is 0 Å². The van der Waals surface area contributed by atoms with Crippen molar-refractivity contribution in [3.8, 4) is 0 Å². The van der Waals surface area contributed by atoms with E-state index in [1.807, 2.05) is 0 Å². The zero-order valence-corrected chi connectivity index (χ0v) is 5.25. The summed E-state index contributed by atoms with van der Waals surface area (Å²) in [5.41, 5.74) is 0.380. The minimum Gasteiger partial charge on any atom is -0.871 e. The molecule has 0 aromatic heterocycles. The predicted molar refractivity (Wildman–Crippen MR) is 35.5 cm³/mol. The van der Waals surface area contributed by atoms with Crippen molar-refractivity contribution in [3.05, 3.63) is 42.2 Å². The van der Waals surface area contributed by atoms with E-state index in [1.165, 1.54) is 0 Å². The molecule has 1 rings (SSSR count). The Morgan fingerprint density at radius 2 is 1.90 bits per heavy atom. The van der Waals surface area contributed by atoms with Crippen molar-refractivity contribution in [1.29, 1.82) is 0 Å². The van der Waals surface area contributed by atoms with Crippen LogP contribution in [0, 0.1) is 0 Å². The molecule has 0 fully saturated rings. The molecule has 1 nitrogen and oxygen atoms in total. The highest BCUT2D eigenvalue weighted by molar-refractivity contribution is 5.55. The lowest BCUT2D eigenvalue weighted by atomic mass is 10.2. The Morgan fingerprint density at radius 1 is 1.30 bits per heavy atom. The van der Waals surface area contributed by atoms with Crippen molar-refractivity contribution in [2.75, 3.05) is 0 Å². The fourth-order valence-corrected chi connectivity index (χ4v) is 0.665. The van der Waals surface area contributed by atoms with Crippen LogP contribution in [0.4, 0.5) is 4.39 Å². The summed E-state index contributed by atoms with van der Waals surface area (Å²) in [5, 5.41) is 10.6. The summed E-state index contributed by atoms with van der Waals surface area (Å²) < 4.78 is 11.6. The van der Waals surface area contributed by atoms with E-state index in [1.54, 1.807) is 30.3 Å². The minimum absolute atomic E-state index is 0.0648. The van der Waals surface area contributed by atoms with Crippen LogP contribution in [0.1, 0.15) is 5.56 Å². The van der Waals surface area contributed by atoms with Gasteiger partial charge in [0.15, 0.2) is 0 Å². The first-order chi connectivity index (χ1) is 4.84. The molecule has 0 unspecified atom stereocenters. The van der Waals surface area contributed by atoms with Gasteiger partial charge in [-0.15, -0.1) is 0 Å². The first-order valence-electron chi connectivity index (χ1n) is 2.87. The summed E-state index contributed by atoms with van der Waals surface area (Å²) >= 11 is 0. The normalized spacial score (nSPS) is 11.5.